The molecule has 6 nitrogen and oxygen atoms in total. The molecule has 7 heteroatoms. The van der Waals surface area contributed by atoms with Crippen molar-refractivity contribution in [2.24, 2.45) is 11.8 Å². The number of hydrogen-bond donors (Lipinski definition) is 2. The van der Waals surface area contributed by atoms with Gasteiger partial charge in [0.1, 0.15) is 0 Å². The minimum atomic E-state index is -1.01. The Hall–Kier alpha value is -2.15. The Morgan fingerprint density at radius 1 is 1.28 bits per heavy atom. The number of carboxylic acid groups (broad SMARTS) is 1. The van der Waals surface area contributed by atoms with Crippen LogP contribution in [0.4, 0.5) is 0 Å². The molecule has 1 aliphatic carbocycles. The average molecular weight is 460 g/mol. The zero-order valence-electron chi connectivity index (χ0n) is 19.7. The maximum absolute atomic E-state index is 13.1. The number of carbonyl (C=O) groups excluding carboxylic acids is 1. The van der Waals surface area contributed by atoms with Crippen LogP contribution in [0.2, 0.25) is 0 Å². The lowest BCUT2D eigenvalue weighted by Gasteiger charge is -2.24. The summed E-state index contributed by atoms with van der Waals surface area (Å²) >= 11 is 1.13. The smallest absolute Gasteiger partial charge is 0.365 e. The molecule has 3 rings (SSSR count). The third-order valence-electron chi connectivity index (χ3n) is 6.82. The van der Waals surface area contributed by atoms with Crippen LogP contribution in [0.1, 0.15) is 97.5 Å². The molecule has 0 bridgehead atoms. The lowest BCUT2D eigenvalue weighted by molar-refractivity contribution is 0.0696. The second-order valence-electron chi connectivity index (χ2n) is 9.11. The first kappa shape index (κ1) is 24.5. The van der Waals surface area contributed by atoms with E-state index in [1.807, 2.05) is 13.0 Å². The lowest BCUT2D eigenvalue weighted by Crippen LogP contribution is -2.29. The largest absolute Gasteiger partial charge is 0.476 e. The molecule has 1 atom stereocenters. The lowest BCUT2D eigenvalue weighted by atomic mass is 9.89. The molecule has 1 fully saturated rings. The molecule has 1 saturated carbocycles. The van der Waals surface area contributed by atoms with Crippen molar-refractivity contribution in [3.05, 3.63) is 27.7 Å². The molecule has 1 unspecified atom stereocenters. The van der Waals surface area contributed by atoms with Crippen LogP contribution in [-0.4, -0.2) is 33.1 Å². The van der Waals surface area contributed by atoms with Crippen LogP contribution in [-0.2, 0) is 6.54 Å². The van der Waals surface area contributed by atoms with Crippen LogP contribution < -0.4 is 5.32 Å². The second kappa shape index (κ2) is 11.6. The first-order chi connectivity index (χ1) is 15.4. The fourth-order valence-corrected chi connectivity index (χ4v) is 5.36. The summed E-state index contributed by atoms with van der Waals surface area (Å²) in [7, 11) is 0. The van der Waals surface area contributed by atoms with Gasteiger partial charge in [0.2, 0.25) is 5.01 Å². The number of unbranched alkanes of at least 4 members (excludes halogenated alkanes) is 1. The van der Waals surface area contributed by atoms with Crippen LogP contribution in [0, 0.1) is 18.8 Å². The van der Waals surface area contributed by atoms with E-state index in [4.69, 9.17) is 0 Å². The molecule has 2 N–H and O–H groups in total. The summed E-state index contributed by atoms with van der Waals surface area (Å²) in [5.74, 6) is 0.0223. The molecule has 176 valence electrons. The molecular formula is C25H37N3O3S. The summed E-state index contributed by atoms with van der Waals surface area (Å²) < 4.78 is 2.19. The van der Waals surface area contributed by atoms with Crippen molar-refractivity contribution < 1.29 is 14.7 Å². The Bertz CT molecular complexity index is 912. The van der Waals surface area contributed by atoms with Gasteiger partial charge in [-0.05, 0) is 44.1 Å². The molecule has 0 aromatic carbocycles. The number of carbonyl (C=O) groups is 2. The Morgan fingerprint density at radius 2 is 2.03 bits per heavy atom. The predicted octanol–water partition coefficient (Wildman–Crippen LogP) is 6.14. The number of hydrogen-bond acceptors (Lipinski definition) is 4. The standard InChI is InChI=1S/C25H37N3O3S/c1-4-6-10-18(5-2)14-26-23(29)20-13-22(21-16-32-24(27-21)25(30)31)28(17(20)3)15-19-11-8-7-9-12-19/h13,16,18-19H,4-12,14-15H2,1-3H3,(H,26,29)(H,30,31). The fourth-order valence-electron chi connectivity index (χ4n) is 4.72. The van der Waals surface area contributed by atoms with E-state index in [1.165, 1.54) is 44.9 Å². The van der Waals surface area contributed by atoms with Gasteiger partial charge in [0.05, 0.1) is 17.0 Å². The number of aromatic carboxylic acids is 1. The van der Waals surface area contributed by atoms with E-state index < -0.39 is 5.97 Å². The molecule has 0 radical (unpaired) electrons. The summed E-state index contributed by atoms with van der Waals surface area (Å²) in [5.41, 5.74) is 3.10. The SMILES string of the molecule is CCCCC(CC)CNC(=O)c1cc(-c2csc(C(=O)O)n2)n(CC2CCCCC2)c1C. The predicted molar refractivity (Wildman–Crippen MR) is 129 cm³/mol. The van der Waals surface area contributed by atoms with E-state index in [2.05, 4.69) is 28.7 Å². The first-order valence-corrected chi connectivity index (χ1v) is 13.0. The van der Waals surface area contributed by atoms with Gasteiger partial charge in [-0.1, -0.05) is 52.4 Å². The second-order valence-corrected chi connectivity index (χ2v) is 9.97. The quantitative estimate of drug-likeness (QED) is 0.422. The minimum Gasteiger partial charge on any atom is -0.476 e. The molecule has 1 aliphatic rings. The number of rotatable bonds is 11. The molecule has 32 heavy (non-hydrogen) atoms. The highest BCUT2D eigenvalue weighted by atomic mass is 32.1. The van der Waals surface area contributed by atoms with Crippen LogP contribution >= 0.6 is 11.3 Å². The van der Waals surface area contributed by atoms with Gasteiger partial charge < -0.3 is 15.0 Å². The number of amides is 1. The minimum absolute atomic E-state index is 0.0465. The summed E-state index contributed by atoms with van der Waals surface area (Å²) in [4.78, 5) is 28.8. The van der Waals surface area contributed by atoms with Gasteiger partial charge in [-0.25, -0.2) is 9.78 Å². The highest BCUT2D eigenvalue weighted by Crippen LogP contribution is 2.32. The Morgan fingerprint density at radius 3 is 2.66 bits per heavy atom. The van der Waals surface area contributed by atoms with E-state index >= 15 is 0 Å². The first-order valence-electron chi connectivity index (χ1n) is 12.1. The molecule has 1 amide bonds. The van der Waals surface area contributed by atoms with Crippen LogP contribution in [0.3, 0.4) is 0 Å². The zero-order valence-corrected chi connectivity index (χ0v) is 20.5. The Kier molecular flexibility index (Phi) is 8.91. The van der Waals surface area contributed by atoms with Crippen molar-refractivity contribution in [1.29, 1.82) is 0 Å². The normalized spacial score (nSPS) is 15.6. The summed E-state index contributed by atoms with van der Waals surface area (Å²) in [6.07, 6.45) is 10.8. The van der Waals surface area contributed by atoms with Gasteiger partial charge in [-0.3, -0.25) is 4.79 Å². The Labute approximate surface area is 195 Å². The van der Waals surface area contributed by atoms with Crippen molar-refractivity contribution in [2.45, 2.75) is 85.1 Å². The van der Waals surface area contributed by atoms with Gasteiger partial charge in [0, 0.05) is 24.2 Å². The van der Waals surface area contributed by atoms with Gasteiger partial charge in [-0.2, -0.15) is 0 Å². The molecule has 2 aromatic heterocycles. The highest BCUT2D eigenvalue weighted by molar-refractivity contribution is 7.11. The van der Waals surface area contributed by atoms with Crippen molar-refractivity contribution in [3.63, 3.8) is 0 Å². The monoisotopic (exact) mass is 459 g/mol. The Balaban J connectivity index is 1.85. The zero-order chi connectivity index (χ0) is 23.1. The van der Waals surface area contributed by atoms with E-state index in [0.29, 0.717) is 29.6 Å². The number of thiazole rings is 1. The number of nitrogens with one attached hydrogen (secondary N) is 1. The van der Waals surface area contributed by atoms with Crippen molar-refractivity contribution in [3.8, 4) is 11.4 Å². The molecule has 0 saturated heterocycles. The molecule has 2 heterocycles. The number of nitrogens with zero attached hydrogens (tertiary/aromatic N) is 2. The fraction of sp³-hybridized carbons (Fsp3) is 0.640. The van der Waals surface area contributed by atoms with Gasteiger partial charge in [-0.15, -0.1) is 11.3 Å². The van der Waals surface area contributed by atoms with Crippen molar-refractivity contribution in [1.82, 2.24) is 14.9 Å². The van der Waals surface area contributed by atoms with Crippen molar-refractivity contribution >= 4 is 23.2 Å². The van der Waals surface area contributed by atoms with E-state index in [1.54, 1.807) is 5.38 Å². The van der Waals surface area contributed by atoms with Gasteiger partial charge in [0.25, 0.3) is 5.91 Å². The number of aromatic nitrogens is 2. The van der Waals surface area contributed by atoms with Gasteiger partial charge >= 0.3 is 5.97 Å². The van der Waals surface area contributed by atoms with E-state index in [9.17, 15) is 14.7 Å². The number of carboxylic acids is 1. The highest BCUT2D eigenvalue weighted by Gasteiger charge is 2.24. The van der Waals surface area contributed by atoms with Crippen LogP contribution in [0.25, 0.3) is 11.4 Å². The molecule has 0 aliphatic heterocycles. The molecular weight excluding hydrogens is 422 g/mol. The maximum Gasteiger partial charge on any atom is 0.365 e. The molecule has 2 aromatic rings. The molecule has 0 spiro atoms. The van der Waals surface area contributed by atoms with Crippen LogP contribution in [0.15, 0.2) is 11.4 Å². The average Bonchev–Trinajstić information content (AvgIpc) is 3.40. The summed E-state index contributed by atoms with van der Waals surface area (Å²) in [6.45, 7) is 7.92. The third kappa shape index (κ3) is 6.00. The van der Waals surface area contributed by atoms with Gasteiger partial charge in [0.15, 0.2) is 0 Å². The maximum atomic E-state index is 13.1. The summed E-state index contributed by atoms with van der Waals surface area (Å²) in [6, 6.07) is 1.90. The topological polar surface area (TPSA) is 84.2 Å². The van der Waals surface area contributed by atoms with E-state index in [0.717, 1.165) is 42.1 Å². The van der Waals surface area contributed by atoms with E-state index in [-0.39, 0.29) is 10.9 Å². The van der Waals surface area contributed by atoms with Crippen molar-refractivity contribution in [2.75, 3.05) is 6.54 Å². The third-order valence-corrected chi connectivity index (χ3v) is 7.65. The van der Waals surface area contributed by atoms with Crippen LogP contribution in [0.5, 0.6) is 0 Å². The summed E-state index contributed by atoms with van der Waals surface area (Å²) in [5, 5.41) is 14.3.